The highest BCUT2D eigenvalue weighted by molar-refractivity contribution is 5.89. The van der Waals surface area contributed by atoms with Gasteiger partial charge in [-0.25, -0.2) is 8.78 Å². The van der Waals surface area contributed by atoms with E-state index < -0.39 is 0 Å². The van der Waals surface area contributed by atoms with Gasteiger partial charge in [0.15, 0.2) is 0 Å². The van der Waals surface area contributed by atoms with Gasteiger partial charge in [0.1, 0.15) is 11.6 Å². The van der Waals surface area contributed by atoms with Crippen LogP contribution >= 0.6 is 0 Å². The van der Waals surface area contributed by atoms with Crippen LogP contribution in [0.5, 0.6) is 0 Å². The number of hydrogen-bond acceptors (Lipinski definition) is 3. The Morgan fingerprint density at radius 2 is 1.66 bits per heavy atom. The first-order chi connectivity index (χ1) is 14.0. The van der Waals surface area contributed by atoms with Crippen molar-refractivity contribution in [2.45, 2.75) is 13.0 Å². The number of carbonyl (C=O) groups excluding carboxylic acids is 2. The Kier molecular flexibility index (Phi) is 5.47. The van der Waals surface area contributed by atoms with Crippen molar-refractivity contribution in [2.24, 2.45) is 5.92 Å². The van der Waals surface area contributed by atoms with Gasteiger partial charge in [-0.15, -0.1) is 0 Å². The highest BCUT2D eigenvalue weighted by Crippen LogP contribution is 2.24. The predicted octanol–water partition coefficient (Wildman–Crippen LogP) is 2.66. The third kappa shape index (κ3) is 4.23. The molecule has 4 rings (SSSR count). The number of halogens is 2. The molecule has 7 heteroatoms. The molecule has 2 aliphatic heterocycles. The maximum Gasteiger partial charge on any atom is 0.228 e. The van der Waals surface area contributed by atoms with Crippen molar-refractivity contribution in [1.82, 2.24) is 9.80 Å². The quantitative estimate of drug-likeness (QED) is 0.794. The van der Waals surface area contributed by atoms with Gasteiger partial charge in [-0.1, -0.05) is 18.2 Å². The van der Waals surface area contributed by atoms with Crippen LogP contribution in [0.15, 0.2) is 48.5 Å². The topological polar surface area (TPSA) is 43.9 Å². The van der Waals surface area contributed by atoms with E-state index in [4.69, 9.17) is 0 Å². The number of nitrogens with zero attached hydrogens (tertiary/aromatic N) is 3. The van der Waals surface area contributed by atoms with E-state index in [2.05, 4.69) is 4.90 Å². The largest absolute Gasteiger partial charge is 0.368 e. The summed E-state index contributed by atoms with van der Waals surface area (Å²) < 4.78 is 27.0. The van der Waals surface area contributed by atoms with Gasteiger partial charge in [0, 0.05) is 56.9 Å². The third-order valence-corrected chi connectivity index (χ3v) is 5.67. The molecule has 152 valence electrons. The maximum absolute atomic E-state index is 13.9. The molecule has 0 saturated carbocycles. The Bertz CT molecular complexity index is 895. The van der Waals surface area contributed by atoms with Crippen LogP contribution in [0.25, 0.3) is 0 Å². The first kappa shape index (κ1) is 19.4. The summed E-state index contributed by atoms with van der Waals surface area (Å²) in [5.41, 5.74) is 1.40. The molecule has 2 heterocycles. The lowest BCUT2D eigenvalue weighted by Gasteiger charge is -2.37. The summed E-state index contributed by atoms with van der Waals surface area (Å²) in [7, 11) is 0. The molecule has 2 fully saturated rings. The standard InChI is InChI=1S/C22H23F2N3O2/c23-18-5-7-19(8-6-18)25-9-11-26(12-10-25)22(29)17-13-21(28)27(15-17)14-16-3-1-2-4-20(16)24/h1-8,17H,9-15H2. The molecule has 2 amide bonds. The number of hydrogen-bond donors (Lipinski definition) is 0. The molecule has 1 atom stereocenters. The highest BCUT2D eigenvalue weighted by Gasteiger charge is 2.37. The molecule has 29 heavy (non-hydrogen) atoms. The van der Waals surface area contributed by atoms with E-state index in [-0.39, 0.29) is 42.3 Å². The molecule has 0 spiro atoms. The second-order valence-corrected chi connectivity index (χ2v) is 7.56. The summed E-state index contributed by atoms with van der Waals surface area (Å²) in [6.45, 7) is 2.97. The van der Waals surface area contributed by atoms with Crippen molar-refractivity contribution in [1.29, 1.82) is 0 Å². The fraction of sp³-hybridized carbons (Fsp3) is 0.364. The van der Waals surface area contributed by atoms with Crippen molar-refractivity contribution in [2.75, 3.05) is 37.6 Å². The molecule has 2 aromatic carbocycles. The lowest BCUT2D eigenvalue weighted by Crippen LogP contribution is -2.50. The van der Waals surface area contributed by atoms with E-state index in [0.29, 0.717) is 38.3 Å². The molecule has 0 radical (unpaired) electrons. The zero-order valence-electron chi connectivity index (χ0n) is 16.1. The lowest BCUT2D eigenvalue weighted by molar-refractivity contribution is -0.136. The van der Waals surface area contributed by atoms with Gasteiger partial charge in [0.05, 0.1) is 5.92 Å². The number of rotatable bonds is 4. The summed E-state index contributed by atoms with van der Waals surface area (Å²) in [4.78, 5) is 30.7. The molecule has 2 aliphatic rings. The summed E-state index contributed by atoms with van der Waals surface area (Å²) in [6, 6.07) is 12.7. The van der Waals surface area contributed by atoms with Crippen molar-refractivity contribution < 1.29 is 18.4 Å². The van der Waals surface area contributed by atoms with Gasteiger partial charge in [0.2, 0.25) is 11.8 Å². The van der Waals surface area contributed by atoms with Gasteiger partial charge in [-0.2, -0.15) is 0 Å². The SMILES string of the molecule is O=C1CC(C(=O)N2CCN(c3ccc(F)cc3)CC2)CN1Cc1ccccc1F. The lowest BCUT2D eigenvalue weighted by atomic mass is 10.1. The second kappa shape index (κ2) is 8.19. The van der Waals surface area contributed by atoms with E-state index in [1.54, 1.807) is 40.1 Å². The highest BCUT2D eigenvalue weighted by atomic mass is 19.1. The van der Waals surface area contributed by atoms with E-state index >= 15 is 0 Å². The van der Waals surface area contributed by atoms with Crippen LogP contribution in [0.1, 0.15) is 12.0 Å². The first-order valence-corrected chi connectivity index (χ1v) is 9.82. The fourth-order valence-corrected chi connectivity index (χ4v) is 4.02. The average molecular weight is 399 g/mol. The summed E-state index contributed by atoms with van der Waals surface area (Å²) >= 11 is 0. The van der Waals surface area contributed by atoms with Crippen molar-refractivity contribution in [3.8, 4) is 0 Å². The minimum atomic E-state index is -0.383. The van der Waals surface area contributed by atoms with Crippen LogP contribution in [0.2, 0.25) is 0 Å². The van der Waals surface area contributed by atoms with Gasteiger partial charge in [0.25, 0.3) is 0 Å². The fourth-order valence-electron chi connectivity index (χ4n) is 4.02. The van der Waals surface area contributed by atoms with E-state index in [1.165, 1.54) is 18.2 Å². The molecule has 0 N–H and O–H groups in total. The Morgan fingerprint density at radius 3 is 2.34 bits per heavy atom. The van der Waals surface area contributed by atoms with Crippen molar-refractivity contribution in [3.05, 3.63) is 65.7 Å². The second-order valence-electron chi connectivity index (χ2n) is 7.56. The Hall–Kier alpha value is -2.96. The molecule has 2 saturated heterocycles. The van der Waals surface area contributed by atoms with Crippen LogP contribution in [0.4, 0.5) is 14.5 Å². The monoisotopic (exact) mass is 399 g/mol. The van der Waals surface area contributed by atoms with Crippen molar-refractivity contribution in [3.63, 3.8) is 0 Å². The summed E-state index contributed by atoms with van der Waals surface area (Å²) in [5, 5.41) is 0. The molecular formula is C22H23F2N3O2. The Labute approximate surface area is 168 Å². The van der Waals surface area contributed by atoms with Crippen LogP contribution < -0.4 is 4.90 Å². The number of piperazine rings is 1. The molecule has 0 bridgehead atoms. The Morgan fingerprint density at radius 1 is 0.966 bits per heavy atom. The average Bonchev–Trinajstić information content (AvgIpc) is 3.10. The normalized spacial score (nSPS) is 19.7. The molecular weight excluding hydrogens is 376 g/mol. The maximum atomic E-state index is 13.9. The number of likely N-dealkylation sites (tertiary alicyclic amines) is 1. The minimum Gasteiger partial charge on any atom is -0.368 e. The first-order valence-electron chi connectivity index (χ1n) is 9.82. The molecule has 2 aromatic rings. The predicted molar refractivity (Wildman–Crippen MR) is 105 cm³/mol. The van der Waals surface area contributed by atoms with Gasteiger partial charge < -0.3 is 14.7 Å². The van der Waals surface area contributed by atoms with Crippen molar-refractivity contribution >= 4 is 17.5 Å². The van der Waals surface area contributed by atoms with Gasteiger partial charge >= 0.3 is 0 Å². The smallest absolute Gasteiger partial charge is 0.228 e. The number of amides is 2. The van der Waals surface area contributed by atoms with Crippen LogP contribution in [0.3, 0.4) is 0 Å². The van der Waals surface area contributed by atoms with E-state index in [0.717, 1.165) is 5.69 Å². The van der Waals surface area contributed by atoms with Gasteiger partial charge in [-0.05, 0) is 30.3 Å². The number of benzene rings is 2. The summed E-state index contributed by atoms with van der Waals surface area (Å²) in [6.07, 6.45) is 0.172. The Balaban J connectivity index is 1.33. The minimum absolute atomic E-state index is 0.0202. The molecule has 5 nitrogen and oxygen atoms in total. The van der Waals surface area contributed by atoms with E-state index in [9.17, 15) is 18.4 Å². The van der Waals surface area contributed by atoms with Crippen LogP contribution in [-0.2, 0) is 16.1 Å². The zero-order valence-corrected chi connectivity index (χ0v) is 16.1. The third-order valence-electron chi connectivity index (χ3n) is 5.67. The molecule has 1 unspecified atom stereocenters. The van der Waals surface area contributed by atoms with Crippen LogP contribution in [-0.4, -0.2) is 54.3 Å². The number of anilines is 1. The summed E-state index contributed by atoms with van der Waals surface area (Å²) in [5.74, 6) is -1.13. The van der Waals surface area contributed by atoms with Gasteiger partial charge in [-0.3, -0.25) is 9.59 Å². The zero-order chi connectivity index (χ0) is 20.4. The van der Waals surface area contributed by atoms with E-state index in [1.807, 2.05) is 0 Å². The number of carbonyl (C=O) groups is 2. The molecule has 0 aromatic heterocycles. The van der Waals surface area contributed by atoms with Crippen LogP contribution in [0, 0.1) is 17.6 Å². The molecule has 0 aliphatic carbocycles.